The van der Waals surface area contributed by atoms with Crippen LogP contribution in [0.2, 0.25) is 0 Å². The van der Waals surface area contributed by atoms with E-state index in [9.17, 15) is 4.79 Å². The summed E-state index contributed by atoms with van der Waals surface area (Å²) in [6.45, 7) is 2.04. The Bertz CT molecular complexity index is 1290. The number of carbonyl (C=O) groups is 1. The molecule has 0 aliphatic heterocycles. The second kappa shape index (κ2) is 7.50. The lowest BCUT2D eigenvalue weighted by molar-refractivity contribution is 0.0962. The summed E-state index contributed by atoms with van der Waals surface area (Å²) in [6, 6.07) is 13.8. The maximum atomic E-state index is 12.9. The second-order valence-corrected chi connectivity index (χ2v) is 7.79. The van der Waals surface area contributed by atoms with E-state index in [0.717, 1.165) is 16.8 Å². The van der Waals surface area contributed by atoms with Crippen LogP contribution in [0.25, 0.3) is 17.2 Å². The molecular weight excluding hydrogens is 392 g/mol. The number of ether oxygens (including phenoxy) is 2. The van der Waals surface area contributed by atoms with Gasteiger partial charge in [0, 0.05) is 18.2 Å². The SMILES string of the molecule is COc1ccc([C@@H]2CC(=O)c3cn4nc(-c5ccc(C)cc5)nc4nc3C2)cc1OC. The number of nitrogens with zero attached hydrogens (tertiary/aromatic N) is 4. The molecule has 0 spiro atoms. The second-order valence-electron chi connectivity index (χ2n) is 7.79. The van der Waals surface area contributed by atoms with Crippen LogP contribution in [0, 0.1) is 6.92 Å². The van der Waals surface area contributed by atoms with Crippen LogP contribution < -0.4 is 9.47 Å². The maximum Gasteiger partial charge on any atom is 0.252 e. The highest BCUT2D eigenvalue weighted by molar-refractivity contribution is 5.98. The van der Waals surface area contributed by atoms with E-state index in [1.54, 1.807) is 24.9 Å². The Balaban J connectivity index is 1.51. The van der Waals surface area contributed by atoms with E-state index in [4.69, 9.17) is 14.5 Å². The fraction of sp³-hybridized carbons (Fsp3) is 0.250. The van der Waals surface area contributed by atoms with E-state index in [-0.39, 0.29) is 11.7 Å². The van der Waals surface area contributed by atoms with Gasteiger partial charge in [-0.15, -0.1) is 5.10 Å². The number of carbonyl (C=O) groups excluding carboxylic acids is 1. The zero-order valence-corrected chi connectivity index (χ0v) is 17.6. The molecule has 7 nitrogen and oxygen atoms in total. The quantitative estimate of drug-likeness (QED) is 0.502. The average Bonchev–Trinajstić information content (AvgIpc) is 3.20. The largest absolute Gasteiger partial charge is 0.493 e. The minimum absolute atomic E-state index is 0.0225. The molecule has 1 atom stereocenters. The molecule has 0 fully saturated rings. The van der Waals surface area contributed by atoms with E-state index in [2.05, 4.69) is 10.1 Å². The lowest BCUT2D eigenvalue weighted by atomic mass is 9.82. The van der Waals surface area contributed by atoms with E-state index < -0.39 is 0 Å². The summed E-state index contributed by atoms with van der Waals surface area (Å²) in [5.74, 6) is 2.49. The van der Waals surface area contributed by atoms with Crippen molar-refractivity contribution in [2.24, 2.45) is 0 Å². The van der Waals surface area contributed by atoms with Crippen LogP contribution >= 0.6 is 0 Å². The van der Waals surface area contributed by atoms with Crippen molar-refractivity contribution in [1.82, 2.24) is 19.6 Å². The minimum atomic E-state index is 0.0225. The molecule has 2 aromatic heterocycles. The standard InChI is InChI=1S/C24H22N4O3/c1-14-4-6-15(7-5-14)23-26-24-25-19-10-17(11-20(29)18(19)13-28(24)27-23)16-8-9-21(30-2)22(12-16)31-3/h4-9,12-13,17H,10-11H2,1-3H3/t17-/m0/s1. The van der Waals surface area contributed by atoms with Crippen molar-refractivity contribution in [2.45, 2.75) is 25.7 Å². The molecule has 2 heterocycles. The van der Waals surface area contributed by atoms with Crippen LogP contribution in [0.5, 0.6) is 11.5 Å². The van der Waals surface area contributed by atoms with E-state index in [1.807, 2.05) is 49.4 Å². The summed E-state index contributed by atoms with van der Waals surface area (Å²) in [4.78, 5) is 22.2. The van der Waals surface area contributed by atoms with Gasteiger partial charge in [-0.25, -0.2) is 9.50 Å². The number of aromatic nitrogens is 4. The van der Waals surface area contributed by atoms with Crippen molar-refractivity contribution >= 4 is 11.6 Å². The number of Topliss-reactive ketones (excluding diaryl/α,β-unsaturated/α-hetero) is 1. The van der Waals surface area contributed by atoms with Crippen LogP contribution in [-0.4, -0.2) is 39.6 Å². The van der Waals surface area contributed by atoms with Crippen molar-refractivity contribution in [1.29, 1.82) is 0 Å². The first-order valence-corrected chi connectivity index (χ1v) is 10.1. The molecule has 0 saturated carbocycles. The fourth-order valence-corrected chi connectivity index (χ4v) is 4.05. The lowest BCUT2D eigenvalue weighted by Gasteiger charge is -2.23. The normalized spacial score (nSPS) is 15.7. The molecule has 31 heavy (non-hydrogen) atoms. The number of benzene rings is 2. The number of rotatable bonds is 4. The Kier molecular flexibility index (Phi) is 4.66. The number of ketones is 1. The first kappa shape index (κ1) is 19.2. The van der Waals surface area contributed by atoms with Gasteiger partial charge in [-0.3, -0.25) is 4.79 Å². The fourth-order valence-electron chi connectivity index (χ4n) is 4.05. The molecule has 0 amide bonds. The number of hydrogen-bond acceptors (Lipinski definition) is 6. The summed E-state index contributed by atoms with van der Waals surface area (Å²) in [5, 5.41) is 4.53. The van der Waals surface area contributed by atoms with Gasteiger partial charge >= 0.3 is 0 Å². The minimum Gasteiger partial charge on any atom is -0.493 e. The highest BCUT2D eigenvalue weighted by atomic mass is 16.5. The van der Waals surface area contributed by atoms with E-state index >= 15 is 0 Å². The van der Waals surface area contributed by atoms with Crippen molar-refractivity contribution in [2.75, 3.05) is 14.2 Å². The smallest absolute Gasteiger partial charge is 0.252 e. The Morgan fingerprint density at radius 2 is 1.74 bits per heavy atom. The Morgan fingerprint density at radius 1 is 0.968 bits per heavy atom. The third-order valence-corrected chi connectivity index (χ3v) is 5.77. The van der Waals surface area contributed by atoms with Crippen LogP contribution in [0.1, 0.15) is 39.5 Å². The van der Waals surface area contributed by atoms with E-state index in [0.29, 0.717) is 41.5 Å². The molecule has 156 valence electrons. The predicted octanol–water partition coefficient (Wildman–Crippen LogP) is 4.03. The Hall–Kier alpha value is -3.74. The number of hydrogen-bond donors (Lipinski definition) is 0. The first-order chi connectivity index (χ1) is 15.1. The van der Waals surface area contributed by atoms with Gasteiger partial charge in [-0.2, -0.15) is 4.98 Å². The average molecular weight is 414 g/mol. The molecule has 0 bridgehead atoms. The van der Waals surface area contributed by atoms with Gasteiger partial charge in [0.05, 0.1) is 25.5 Å². The third-order valence-electron chi connectivity index (χ3n) is 5.77. The van der Waals surface area contributed by atoms with Gasteiger partial charge in [-0.05, 0) is 37.0 Å². The first-order valence-electron chi connectivity index (χ1n) is 10.1. The van der Waals surface area contributed by atoms with Gasteiger partial charge < -0.3 is 9.47 Å². The molecule has 0 radical (unpaired) electrons. The summed E-state index contributed by atoms with van der Waals surface area (Å²) < 4.78 is 12.4. The Labute approximate surface area is 179 Å². The predicted molar refractivity (Wildman–Crippen MR) is 116 cm³/mol. The molecule has 2 aromatic carbocycles. The van der Waals surface area contributed by atoms with Crippen LogP contribution in [0.15, 0.2) is 48.7 Å². The molecule has 5 rings (SSSR count). The van der Waals surface area contributed by atoms with Gasteiger partial charge in [-0.1, -0.05) is 35.9 Å². The lowest BCUT2D eigenvalue weighted by Crippen LogP contribution is -2.21. The number of methoxy groups -OCH3 is 2. The maximum absolute atomic E-state index is 12.9. The van der Waals surface area contributed by atoms with Gasteiger partial charge in [0.2, 0.25) is 0 Å². The summed E-state index contributed by atoms with van der Waals surface area (Å²) in [5.41, 5.74) is 4.49. The molecule has 1 aliphatic rings. The number of aryl methyl sites for hydroxylation is 1. The summed E-state index contributed by atoms with van der Waals surface area (Å²) in [7, 11) is 3.22. The third kappa shape index (κ3) is 3.42. The molecule has 4 aromatic rings. The topological polar surface area (TPSA) is 78.6 Å². The Morgan fingerprint density at radius 3 is 2.48 bits per heavy atom. The molecule has 0 unspecified atom stereocenters. The highest BCUT2D eigenvalue weighted by Gasteiger charge is 2.29. The number of fused-ring (bicyclic) bond motifs is 2. The monoisotopic (exact) mass is 414 g/mol. The highest BCUT2D eigenvalue weighted by Crippen LogP contribution is 2.36. The van der Waals surface area contributed by atoms with Crippen molar-refractivity contribution < 1.29 is 14.3 Å². The molecule has 1 aliphatic carbocycles. The summed E-state index contributed by atoms with van der Waals surface area (Å²) >= 11 is 0. The van der Waals surface area contributed by atoms with Gasteiger partial charge in [0.25, 0.3) is 5.78 Å². The van der Waals surface area contributed by atoms with Crippen molar-refractivity contribution in [3.05, 3.63) is 71.0 Å². The van der Waals surface area contributed by atoms with Crippen LogP contribution in [0.4, 0.5) is 0 Å². The van der Waals surface area contributed by atoms with Gasteiger partial charge in [0.15, 0.2) is 23.1 Å². The van der Waals surface area contributed by atoms with Crippen molar-refractivity contribution in [3.8, 4) is 22.9 Å². The molecular formula is C24H22N4O3. The van der Waals surface area contributed by atoms with Crippen LogP contribution in [-0.2, 0) is 6.42 Å². The molecule has 0 N–H and O–H groups in total. The zero-order chi connectivity index (χ0) is 21.5. The summed E-state index contributed by atoms with van der Waals surface area (Å²) in [6.07, 6.45) is 2.82. The molecule has 7 heteroatoms. The molecule has 0 saturated heterocycles. The zero-order valence-electron chi connectivity index (χ0n) is 17.6. The van der Waals surface area contributed by atoms with Crippen molar-refractivity contribution in [3.63, 3.8) is 0 Å². The van der Waals surface area contributed by atoms with Crippen LogP contribution in [0.3, 0.4) is 0 Å². The van der Waals surface area contributed by atoms with E-state index in [1.165, 1.54) is 5.56 Å². The van der Waals surface area contributed by atoms with Gasteiger partial charge in [0.1, 0.15) is 0 Å².